The van der Waals surface area contributed by atoms with Gasteiger partial charge in [-0.05, 0) is 38.2 Å². The lowest BCUT2D eigenvalue weighted by atomic mass is 9.78. The van der Waals surface area contributed by atoms with Crippen molar-refractivity contribution in [1.29, 1.82) is 0 Å². The summed E-state index contributed by atoms with van der Waals surface area (Å²) < 4.78 is 0. The SMILES string of the molecule is CCCN1CCCC2(CCN(C(=O)c3cc(CC)[nH]c(=O)c3)C2)C1=O. The van der Waals surface area contributed by atoms with E-state index in [4.69, 9.17) is 0 Å². The maximum Gasteiger partial charge on any atom is 0.254 e. The van der Waals surface area contributed by atoms with Crippen molar-refractivity contribution in [3.8, 4) is 0 Å². The first-order valence-electron chi connectivity index (χ1n) is 9.31. The molecule has 0 radical (unpaired) electrons. The third-order valence-electron chi connectivity index (χ3n) is 5.49. The van der Waals surface area contributed by atoms with Gasteiger partial charge in [0.1, 0.15) is 0 Å². The van der Waals surface area contributed by atoms with Gasteiger partial charge in [0.2, 0.25) is 11.5 Å². The van der Waals surface area contributed by atoms with Crippen LogP contribution in [0.5, 0.6) is 0 Å². The minimum absolute atomic E-state index is 0.141. The molecule has 0 aromatic carbocycles. The Morgan fingerprint density at radius 1 is 1.20 bits per heavy atom. The van der Waals surface area contributed by atoms with E-state index in [0.29, 0.717) is 25.1 Å². The number of hydrogen-bond acceptors (Lipinski definition) is 3. The molecule has 6 heteroatoms. The van der Waals surface area contributed by atoms with Crippen LogP contribution in [-0.2, 0) is 11.2 Å². The van der Waals surface area contributed by atoms with Gasteiger partial charge in [0, 0.05) is 43.5 Å². The first-order valence-corrected chi connectivity index (χ1v) is 9.31. The Balaban J connectivity index is 1.78. The number of nitrogens with one attached hydrogen (secondary N) is 1. The summed E-state index contributed by atoms with van der Waals surface area (Å²) in [5.41, 5.74) is 0.510. The van der Waals surface area contributed by atoms with Crippen LogP contribution in [0.3, 0.4) is 0 Å². The molecule has 0 bridgehead atoms. The molecule has 2 fully saturated rings. The second-order valence-electron chi connectivity index (χ2n) is 7.26. The summed E-state index contributed by atoms with van der Waals surface area (Å²) in [4.78, 5) is 44.0. The summed E-state index contributed by atoms with van der Waals surface area (Å²) in [6.45, 7) is 6.70. The number of likely N-dealkylation sites (tertiary alicyclic amines) is 2. The maximum atomic E-state index is 12.9. The zero-order chi connectivity index (χ0) is 18.0. The minimum atomic E-state index is -0.419. The number of H-pyrrole nitrogens is 1. The van der Waals surface area contributed by atoms with Crippen LogP contribution in [-0.4, -0.2) is 52.8 Å². The molecule has 0 saturated carbocycles. The highest BCUT2D eigenvalue weighted by Crippen LogP contribution is 2.40. The fourth-order valence-corrected chi connectivity index (χ4v) is 4.16. The fourth-order valence-electron chi connectivity index (χ4n) is 4.16. The van der Waals surface area contributed by atoms with Gasteiger partial charge < -0.3 is 14.8 Å². The summed E-state index contributed by atoms with van der Waals surface area (Å²) in [6.07, 6.45) is 4.20. The van der Waals surface area contributed by atoms with E-state index in [0.717, 1.165) is 44.5 Å². The number of hydrogen-bond donors (Lipinski definition) is 1. The van der Waals surface area contributed by atoms with E-state index in [-0.39, 0.29) is 17.4 Å². The molecule has 25 heavy (non-hydrogen) atoms. The third-order valence-corrected chi connectivity index (χ3v) is 5.49. The van der Waals surface area contributed by atoms with Crippen molar-refractivity contribution < 1.29 is 9.59 Å². The zero-order valence-electron chi connectivity index (χ0n) is 15.1. The molecule has 1 spiro atoms. The molecule has 2 amide bonds. The van der Waals surface area contributed by atoms with Crippen molar-refractivity contribution >= 4 is 11.8 Å². The van der Waals surface area contributed by atoms with Gasteiger partial charge in [-0.15, -0.1) is 0 Å². The molecular weight excluding hydrogens is 318 g/mol. The summed E-state index contributed by atoms with van der Waals surface area (Å²) in [6, 6.07) is 3.11. The lowest BCUT2D eigenvalue weighted by Crippen LogP contribution is -2.50. The van der Waals surface area contributed by atoms with Crippen molar-refractivity contribution in [3.63, 3.8) is 0 Å². The predicted molar refractivity (Wildman–Crippen MR) is 95.5 cm³/mol. The molecular formula is C19H27N3O3. The standard InChI is InChI=1S/C19H27N3O3/c1-3-8-21-9-5-6-19(18(21)25)7-10-22(13-19)17(24)14-11-15(4-2)20-16(23)12-14/h11-12H,3-10,13H2,1-2H3,(H,20,23). The average Bonchev–Trinajstić information content (AvgIpc) is 3.03. The molecule has 0 aliphatic carbocycles. The highest BCUT2D eigenvalue weighted by molar-refractivity contribution is 5.95. The smallest absolute Gasteiger partial charge is 0.254 e. The predicted octanol–water partition coefficient (Wildman–Crippen LogP) is 1.80. The number of nitrogens with zero attached hydrogens (tertiary/aromatic N) is 2. The van der Waals surface area contributed by atoms with Crippen LogP contribution in [0.4, 0.5) is 0 Å². The molecule has 3 rings (SSSR count). The summed E-state index contributed by atoms with van der Waals surface area (Å²) >= 11 is 0. The highest BCUT2D eigenvalue weighted by Gasteiger charge is 2.49. The fraction of sp³-hybridized carbons (Fsp3) is 0.632. The molecule has 2 saturated heterocycles. The third kappa shape index (κ3) is 3.34. The number of rotatable bonds is 4. The van der Waals surface area contributed by atoms with Crippen LogP contribution in [0, 0.1) is 5.41 Å². The van der Waals surface area contributed by atoms with E-state index in [9.17, 15) is 14.4 Å². The molecule has 136 valence electrons. The van der Waals surface area contributed by atoms with E-state index in [1.54, 1.807) is 11.0 Å². The number of amides is 2. The normalized spacial score (nSPS) is 23.5. The Morgan fingerprint density at radius 2 is 2.00 bits per heavy atom. The quantitative estimate of drug-likeness (QED) is 0.904. The van der Waals surface area contributed by atoms with Gasteiger partial charge in [-0.3, -0.25) is 14.4 Å². The van der Waals surface area contributed by atoms with Crippen LogP contribution in [0.25, 0.3) is 0 Å². The van der Waals surface area contributed by atoms with Crippen molar-refractivity contribution in [2.75, 3.05) is 26.2 Å². The van der Waals surface area contributed by atoms with Crippen LogP contribution in [0.15, 0.2) is 16.9 Å². The molecule has 2 aliphatic heterocycles. The van der Waals surface area contributed by atoms with Gasteiger partial charge in [-0.1, -0.05) is 13.8 Å². The van der Waals surface area contributed by atoms with Gasteiger partial charge in [-0.2, -0.15) is 0 Å². The number of carbonyl (C=O) groups excluding carboxylic acids is 2. The Bertz CT molecular complexity index is 725. The van der Waals surface area contributed by atoms with Crippen LogP contribution >= 0.6 is 0 Å². The Kier molecular flexibility index (Phi) is 4.97. The number of aryl methyl sites for hydroxylation is 1. The zero-order valence-corrected chi connectivity index (χ0v) is 15.1. The van der Waals surface area contributed by atoms with Crippen LogP contribution in [0.2, 0.25) is 0 Å². The van der Waals surface area contributed by atoms with Crippen molar-refractivity contribution in [2.45, 2.75) is 46.0 Å². The topological polar surface area (TPSA) is 73.5 Å². The first kappa shape index (κ1) is 17.7. The molecule has 1 N–H and O–H groups in total. The van der Waals surface area contributed by atoms with Crippen LogP contribution < -0.4 is 5.56 Å². The molecule has 1 atom stereocenters. The summed E-state index contributed by atoms with van der Waals surface area (Å²) in [7, 11) is 0. The minimum Gasteiger partial charge on any atom is -0.342 e. The van der Waals surface area contributed by atoms with E-state index >= 15 is 0 Å². The van der Waals surface area contributed by atoms with E-state index in [1.807, 2.05) is 11.8 Å². The largest absolute Gasteiger partial charge is 0.342 e. The van der Waals surface area contributed by atoms with E-state index < -0.39 is 5.41 Å². The summed E-state index contributed by atoms with van der Waals surface area (Å²) in [5.74, 6) is 0.0640. The second kappa shape index (κ2) is 7.02. The van der Waals surface area contributed by atoms with Gasteiger partial charge >= 0.3 is 0 Å². The second-order valence-corrected chi connectivity index (χ2v) is 7.26. The molecule has 1 aromatic rings. The number of piperidine rings is 1. The highest BCUT2D eigenvalue weighted by atomic mass is 16.2. The van der Waals surface area contributed by atoms with Gasteiger partial charge in [0.05, 0.1) is 5.41 Å². The molecule has 6 nitrogen and oxygen atoms in total. The molecule has 1 aromatic heterocycles. The lowest BCUT2D eigenvalue weighted by Gasteiger charge is -2.39. The first-order chi connectivity index (χ1) is 12.0. The van der Waals surface area contributed by atoms with Crippen LogP contribution in [0.1, 0.15) is 55.6 Å². The maximum absolute atomic E-state index is 12.9. The number of carbonyl (C=O) groups is 2. The average molecular weight is 345 g/mol. The summed E-state index contributed by atoms with van der Waals surface area (Å²) in [5, 5.41) is 0. The number of aromatic nitrogens is 1. The molecule has 2 aliphatic rings. The van der Waals surface area contributed by atoms with Crippen molar-refractivity contribution in [1.82, 2.24) is 14.8 Å². The van der Waals surface area contributed by atoms with Crippen molar-refractivity contribution in [3.05, 3.63) is 33.7 Å². The monoisotopic (exact) mass is 345 g/mol. The molecule has 1 unspecified atom stereocenters. The number of aromatic amines is 1. The number of pyridine rings is 1. The lowest BCUT2D eigenvalue weighted by molar-refractivity contribution is -0.145. The Morgan fingerprint density at radius 3 is 2.72 bits per heavy atom. The van der Waals surface area contributed by atoms with E-state index in [2.05, 4.69) is 11.9 Å². The van der Waals surface area contributed by atoms with Gasteiger partial charge in [0.15, 0.2) is 0 Å². The molecule has 3 heterocycles. The van der Waals surface area contributed by atoms with Crippen molar-refractivity contribution in [2.24, 2.45) is 5.41 Å². The Labute approximate surface area is 148 Å². The van der Waals surface area contributed by atoms with E-state index in [1.165, 1.54) is 6.07 Å². The Hall–Kier alpha value is -2.11. The van der Waals surface area contributed by atoms with Gasteiger partial charge in [-0.25, -0.2) is 0 Å². The van der Waals surface area contributed by atoms with Gasteiger partial charge in [0.25, 0.3) is 5.91 Å².